The van der Waals surface area contributed by atoms with Gasteiger partial charge in [-0.2, -0.15) is 0 Å². The topological polar surface area (TPSA) is 61.3 Å². The Kier molecular flexibility index (Phi) is 3.75. The molecule has 0 radical (unpaired) electrons. The SMILES string of the molecule is NCc1cccc(Oc2cccc(CN)c2)c1. The summed E-state index contributed by atoms with van der Waals surface area (Å²) in [6.45, 7) is 1.03. The zero-order chi connectivity index (χ0) is 12.1. The summed E-state index contributed by atoms with van der Waals surface area (Å²) in [6, 6.07) is 15.5. The Bertz CT molecular complexity index is 452. The van der Waals surface area contributed by atoms with E-state index in [-0.39, 0.29) is 0 Å². The van der Waals surface area contributed by atoms with Crippen LogP contribution in [-0.4, -0.2) is 0 Å². The lowest BCUT2D eigenvalue weighted by molar-refractivity contribution is 0.481. The van der Waals surface area contributed by atoms with Gasteiger partial charge in [0.25, 0.3) is 0 Å². The van der Waals surface area contributed by atoms with Crippen LogP contribution in [0.5, 0.6) is 11.5 Å². The van der Waals surface area contributed by atoms with Gasteiger partial charge < -0.3 is 16.2 Å². The van der Waals surface area contributed by atoms with Gasteiger partial charge in [0.15, 0.2) is 0 Å². The van der Waals surface area contributed by atoms with Gasteiger partial charge in [-0.25, -0.2) is 0 Å². The normalized spacial score (nSPS) is 10.2. The van der Waals surface area contributed by atoms with Gasteiger partial charge in [0.05, 0.1) is 0 Å². The maximum Gasteiger partial charge on any atom is 0.127 e. The van der Waals surface area contributed by atoms with E-state index in [0.717, 1.165) is 22.6 Å². The highest BCUT2D eigenvalue weighted by Crippen LogP contribution is 2.22. The van der Waals surface area contributed by atoms with Crippen molar-refractivity contribution in [1.29, 1.82) is 0 Å². The van der Waals surface area contributed by atoms with Crippen LogP contribution in [0, 0.1) is 0 Å². The fraction of sp³-hybridized carbons (Fsp3) is 0.143. The van der Waals surface area contributed by atoms with Gasteiger partial charge >= 0.3 is 0 Å². The highest BCUT2D eigenvalue weighted by Gasteiger charge is 1.99. The first-order valence-corrected chi connectivity index (χ1v) is 5.57. The minimum atomic E-state index is 0.514. The van der Waals surface area contributed by atoms with Gasteiger partial charge in [-0.3, -0.25) is 0 Å². The van der Waals surface area contributed by atoms with E-state index >= 15 is 0 Å². The molecule has 0 saturated heterocycles. The maximum atomic E-state index is 5.75. The molecule has 2 aromatic rings. The highest BCUT2D eigenvalue weighted by atomic mass is 16.5. The Morgan fingerprint density at radius 1 is 0.765 bits per heavy atom. The largest absolute Gasteiger partial charge is 0.457 e. The molecule has 3 heteroatoms. The summed E-state index contributed by atoms with van der Waals surface area (Å²) in [5, 5.41) is 0. The third kappa shape index (κ3) is 3.06. The first kappa shape index (κ1) is 11.6. The molecule has 0 aliphatic carbocycles. The Balaban J connectivity index is 2.18. The molecule has 88 valence electrons. The van der Waals surface area contributed by atoms with Crippen molar-refractivity contribution in [1.82, 2.24) is 0 Å². The summed E-state index contributed by atoms with van der Waals surface area (Å²) in [5.41, 5.74) is 13.3. The predicted octanol–water partition coefficient (Wildman–Crippen LogP) is 2.40. The molecule has 0 amide bonds. The number of hydrogen-bond acceptors (Lipinski definition) is 3. The molecule has 0 saturated carbocycles. The van der Waals surface area contributed by atoms with Crippen molar-refractivity contribution in [3.05, 3.63) is 59.7 Å². The minimum Gasteiger partial charge on any atom is -0.457 e. The molecule has 0 aliphatic rings. The van der Waals surface area contributed by atoms with Crippen molar-refractivity contribution in [2.75, 3.05) is 0 Å². The van der Waals surface area contributed by atoms with Crippen LogP contribution >= 0.6 is 0 Å². The van der Waals surface area contributed by atoms with Crippen LogP contribution in [0.15, 0.2) is 48.5 Å². The second-order valence-electron chi connectivity index (χ2n) is 3.81. The van der Waals surface area contributed by atoms with Crippen molar-refractivity contribution in [2.45, 2.75) is 13.1 Å². The van der Waals surface area contributed by atoms with Gasteiger partial charge in [-0.1, -0.05) is 24.3 Å². The van der Waals surface area contributed by atoms with Crippen molar-refractivity contribution in [3.8, 4) is 11.5 Å². The molecule has 0 atom stereocenters. The smallest absolute Gasteiger partial charge is 0.127 e. The van der Waals surface area contributed by atoms with Crippen LogP contribution in [0.3, 0.4) is 0 Å². The fourth-order valence-corrected chi connectivity index (χ4v) is 1.61. The molecule has 0 bridgehead atoms. The lowest BCUT2D eigenvalue weighted by atomic mass is 10.2. The van der Waals surface area contributed by atoms with E-state index in [1.165, 1.54) is 0 Å². The van der Waals surface area contributed by atoms with Crippen molar-refractivity contribution in [3.63, 3.8) is 0 Å². The molecule has 17 heavy (non-hydrogen) atoms. The summed E-state index contributed by atoms with van der Waals surface area (Å²) < 4.78 is 5.75. The summed E-state index contributed by atoms with van der Waals surface area (Å²) in [6.07, 6.45) is 0. The van der Waals surface area contributed by atoms with Gasteiger partial charge in [0.1, 0.15) is 11.5 Å². The van der Waals surface area contributed by atoms with Gasteiger partial charge in [0.2, 0.25) is 0 Å². The predicted molar refractivity (Wildman–Crippen MR) is 68.7 cm³/mol. The van der Waals surface area contributed by atoms with Crippen LogP contribution in [-0.2, 0) is 13.1 Å². The molecule has 2 aromatic carbocycles. The Morgan fingerprint density at radius 3 is 1.65 bits per heavy atom. The summed E-state index contributed by atoms with van der Waals surface area (Å²) >= 11 is 0. The zero-order valence-electron chi connectivity index (χ0n) is 9.60. The van der Waals surface area contributed by atoms with E-state index < -0.39 is 0 Å². The zero-order valence-corrected chi connectivity index (χ0v) is 9.60. The van der Waals surface area contributed by atoms with Crippen LogP contribution in [0.4, 0.5) is 0 Å². The molecule has 0 fully saturated rings. The van der Waals surface area contributed by atoms with Crippen LogP contribution in [0.2, 0.25) is 0 Å². The van der Waals surface area contributed by atoms with E-state index in [4.69, 9.17) is 16.2 Å². The van der Waals surface area contributed by atoms with E-state index in [1.54, 1.807) is 0 Å². The van der Waals surface area contributed by atoms with Gasteiger partial charge in [-0.15, -0.1) is 0 Å². The molecular formula is C14H16N2O. The third-order valence-corrected chi connectivity index (χ3v) is 2.50. The number of rotatable bonds is 4. The van der Waals surface area contributed by atoms with Gasteiger partial charge in [0, 0.05) is 13.1 Å². The first-order valence-electron chi connectivity index (χ1n) is 5.57. The average Bonchev–Trinajstić information content (AvgIpc) is 2.39. The lowest BCUT2D eigenvalue weighted by Gasteiger charge is -2.08. The van der Waals surface area contributed by atoms with E-state index in [1.807, 2.05) is 48.5 Å². The molecule has 0 aromatic heterocycles. The van der Waals surface area contributed by atoms with Crippen molar-refractivity contribution in [2.24, 2.45) is 11.5 Å². The maximum absolute atomic E-state index is 5.75. The third-order valence-electron chi connectivity index (χ3n) is 2.50. The fourth-order valence-electron chi connectivity index (χ4n) is 1.61. The van der Waals surface area contributed by atoms with Gasteiger partial charge in [-0.05, 0) is 35.4 Å². The summed E-state index contributed by atoms with van der Waals surface area (Å²) in [4.78, 5) is 0. The quantitative estimate of drug-likeness (QED) is 0.844. The summed E-state index contributed by atoms with van der Waals surface area (Å²) in [7, 11) is 0. The number of benzene rings is 2. The highest BCUT2D eigenvalue weighted by molar-refractivity contribution is 5.35. The summed E-state index contributed by atoms with van der Waals surface area (Å²) in [5.74, 6) is 1.59. The Labute approximate surface area is 101 Å². The van der Waals surface area contributed by atoms with E-state index in [2.05, 4.69) is 0 Å². The second-order valence-corrected chi connectivity index (χ2v) is 3.81. The Morgan fingerprint density at radius 2 is 1.24 bits per heavy atom. The monoisotopic (exact) mass is 228 g/mol. The lowest BCUT2D eigenvalue weighted by Crippen LogP contribution is -1.97. The average molecular weight is 228 g/mol. The van der Waals surface area contributed by atoms with Crippen LogP contribution < -0.4 is 16.2 Å². The molecule has 0 spiro atoms. The van der Waals surface area contributed by atoms with Crippen LogP contribution in [0.25, 0.3) is 0 Å². The molecule has 0 unspecified atom stereocenters. The molecular weight excluding hydrogens is 212 g/mol. The molecule has 3 nitrogen and oxygen atoms in total. The van der Waals surface area contributed by atoms with Crippen LogP contribution in [0.1, 0.15) is 11.1 Å². The molecule has 2 rings (SSSR count). The molecule has 0 heterocycles. The standard InChI is InChI=1S/C14H16N2O/c15-9-11-3-1-5-13(7-11)17-14-6-2-4-12(8-14)10-16/h1-8H,9-10,15-16H2. The second kappa shape index (κ2) is 5.48. The minimum absolute atomic E-state index is 0.514. The van der Waals surface area contributed by atoms with Crippen molar-refractivity contribution >= 4 is 0 Å². The Hall–Kier alpha value is -1.84. The molecule has 0 aliphatic heterocycles. The number of nitrogens with two attached hydrogens (primary N) is 2. The van der Waals surface area contributed by atoms with E-state index in [9.17, 15) is 0 Å². The first-order chi connectivity index (χ1) is 8.31. The number of hydrogen-bond donors (Lipinski definition) is 2. The number of ether oxygens (including phenoxy) is 1. The molecule has 4 N–H and O–H groups in total. The van der Waals surface area contributed by atoms with E-state index in [0.29, 0.717) is 13.1 Å². The van der Waals surface area contributed by atoms with Crippen molar-refractivity contribution < 1.29 is 4.74 Å².